The largest absolute Gasteiger partial charge is 0.364 e. The van der Waals surface area contributed by atoms with Crippen LogP contribution in [0.5, 0.6) is 0 Å². The molecule has 0 aliphatic carbocycles. The van der Waals surface area contributed by atoms with Crippen molar-refractivity contribution < 1.29 is 0 Å². The molecule has 5 heteroatoms. The first-order valence-electron chi connectivity index (χ1n) is 9.20. The van der Waals surface area contributed by atoms with Crippen molar-refractivity contribution in [2.75, 3.05) is 18.4 Å². The first-order chi connectivity index (χ1) is 12.3. The summed E-state index contributed by atoms with van der Waals surface area (Å²) in [6.07, 6.45) is 4.55. The van der Waals surface area contributed by atoms with Crippen LogP contribution < -0.4 is 5.32 Å². The van der Waals surface area contributed by atoms with Gasteiger partial charge in [0, 0.05) is 29.4 Å². The quantitative estimate of drug-likeness (QED) is 0.770. The van der Waals surface area contributed by atoms with Gasteiger partial charge in [-0.15, -0.1) is 10.2 Å². The standard InChI is InChI=1S/C20H23N5/c1-13-20(15-7-10-25(13)11-8-15)22-19-5-4-17(23-24-19)16-3-2-14-6-9-21-18(14)12-16/h2-6,9,12-13,15,20-21H,7-8,10-11H2,1H3,(H,22,24). The zero-order valence-corrected chi connectivity index (χ0v) is 14.4. The summed E-state index contributed by atoms with van der Waals surface area (Å²) in [7, 11) is 0. The highest BCUT2D eigenvalue weighted by Crippen LogP contribution is 2.33. The van der Waals surface area contributed by atoms with Crippen LogP contribution in [-0.4, -0.2) is 45.3 Å². The molecular formula is C20H23N5. The molecule has 2 atom stereocenters. The fourth-order valence-corrected chi connectivity index (χ4v) is 4.49. The second-order valence-corrected chi connectivity index (χ2v) is 7.37. The van der Waals surface area contributed by atoms with E-state index in [1.54, 1.807) is 0 Å². The van der Waals surface area contributed by atoms with Gasteiger partial charge in [0.15, 0.2) is 0 Å². The summed E-state index contributed by atoms with van der Waals surface area (Å²) in [5.74, 6) is 1.65. The van der Waals surface area contributed by atoms with E-state index >= 15 is 0 Å². The Labute approximate surface area is 147 Å². The third kappa shape index (κ3) is 2.59. The van der Waals surface area contributed by atoms with Gasteiger partial charge in [-0.25, -0.2) is 0 Å². The summed E-state index contributed by atoms with van der Waals surface area (Å²) in [6, 6.07) is 13.6. The Morgan fingerprint density at radius 3 is 2.72 bits per heavy atom. The van der Waals surface area contributed by atoms with Gasteiger partial charge < -0.3 is 10.3 Å². The SMILES string of the molecule is CC1C(Nc2ccc(-c3ccc4cc[nH]c4c3)nn2)C2CCN1CC2. The smallest absolute Gasteiger partial charge is 0.148 e. The number of benzene rings is 1. The monoisotopic (exact) mass is 333 g/mol. The Hall–Kier alpha value is -2.40. The maximum Gasteiger partial charge on any atom is 0.148 e. The minimum absolute atomic E-state index is 0.484. The molecule has 3 fully saturated rings. The minimum Gasteiger partial charge on any atom is -0.364 e. The van der Waals surface area contributed by atoms with Crippen LogP contribution in [0.4, 0.5) is 5.82 Å². The number of nitrogens with zero attached hydrogens (tertiary/aromatic N) is 3. The average Bonchev–Trinajstić information content (AvgIpc) is 3.13. The molecule has 5 heterocycles. The zero-order valence-electron chi connectivity index (χ0n) is 14.4. The topological polar surface area (TPSA) is 56.8 Å². The molecule has 0 amide bonds. The number of rotatable bonds is 3. The van der Waals surface area contributed by atoms with Gasteiger partial charge in [0.2, 0.25) is 0 Å². The molecule has 2 N–H and O–H groups in total. The molecule has 2 unspecified atom stereocenters. The van der Waals surface area contributed by atoms with Crippen molar-refractivity contribution >= 4 is 16.7 Å². The molecule has 5 nitrogen and oxygen atoms in total. The van der Waals surface area contributed by atoms with E-state index < -0.39 is 0 Å². The number of hydrogen-bond acceptors (Lipinski definition) is 4. The van der Waals surface area contributed by atoms with Gasteiger partial charge in [0.05, 0.1) is 5.69 Å². The van der Waals surface area contributed by atoms with Crippen LogP contribution in [0.3, 0.4) is 0 Å². The molecule has 2 bridgehead atoms. The van der Waals surface area contributed by atoms with Crippen molar-refractivity contribution in [3.05, 3.63) is 42.6 Å². The molecule has 3 aromatic rings. The number of anilines is 1. The summed E-state index contributed by atoms with van der Waals surface area (Å²) in [6.45, 7) is 4.82. The minimum atomic E-state index is 0.484. The Morgan fingerprint density at radius 1 is 1.08 bits per heavy atom. The lowest BCUT2D eigenvalue weighted by atomic mass is 9.79. The number of hydrogen-bond donors (Lipinski definition) is 2. The fourth-order valence-electron chi connectivity index (χ4n) is 4.49. The van der Waals surface area contributed by atoms with E-state index in [2.05, 4.69) is 68.7 Å². The number of H-pyrrole nitrogens is 1. The van der Waals surface area contributed by atoms with Gasteiger partial charge in [-0.2, -0.15) is 0 Å². The molecule has 6 rings (SSSR count). The van der Waals surface area contributed by atoms with E-state index in [4.69, 9.17) is 0 Å². The van der Waals surface area contributed by atoms with Gasteiger partial charge in [0.1, 0.15) is 5.82 Å². The first kappa shape index (κ1) is 14.9. The van der Waals surface area contributed by atoms with Crippen LogP contribution >= 0.6 is 0 Å². The number of nitrogens with one attached hydrogen (secondary N) is 2. The van der Waals surface area contributed by atoms with Gasteiger partial charge in [-0.3, -0.25) is 4.90 Å². The summed E-state index contributed by atoms with van der Waals surface area (Å²) in [5, 5.41) is 13.8. The summed E-state index contributed by atoms with van der Waals surface area (Å²) >= 11 is 0. The van der Waals surface area contributed by atoms with Gasteiger partial charge in [-0.05, 0) is 68.4 Å². The third-order valence-electron chi connectivity index (χ3n) is 6.01. The van der Waals surface area contributed by atoms with Crippen LogP contribution in [0, 0.1) is 5.92 Å². The highest BCUT2D eigenvalue weighted by Gasteiger charge is 2.39. The molecule has 2 aromatic heterocycles. The Bertz CT molecular complexity index is 874. The highest BCUT2D eigenvalue weighted by molar-refractivity contribution is 5.84. The second kappa shape index (κ2) is 5.85. The molecule has 128 valence electrons. The van der Waals surface area contributed by atoms with E-state index in [0.717, 1.165) is 28.5 Å². The van der Waals surface area contributed by atoms with Gasteiger partial charge in [0.25, 0.3) is 0 Å². The predicted octanol–water partition coefficient (Wildman–Crippen LogP) is 3.52. The van der Waals surface area contributed by atoms with E-state index in [9.17, 15) is 0 Å². The van der Waals surface area contributed by atoms with E-state index in [1.807, 2.05) is 6.20 Å². The molecule has 3 aliphatic heterocycles. The predicted molar refractivity (Wildman–Crippen MR) is 100 cm³/mol. The Balaban J connectivity index is 1.36. The van der Waals surface area contributed by atoms with Crippen molar-refractivity contribution in [1.29, 1.82) is 0 Å². The van der Waals surface area contributed by atoms with Crippen molar-refractivity contribution in [3.63, 3.8) is 0 Å². The number of piperidine rings is 3. The summed E-state index contributed by atoms with van der Waals surface area (Å²) in [5.41, 5.74) is 3.12. The molecule has 3 aliphatic rings. The first-order valence-corrected chi connectivity index (χ1v) is 9.20. The number of aromatic nitrogens is 3. The van der Waals surface area contributed by atoms with Crippen LogP contribution in [-0.2, 0) is 0 Å². The highest BCUT2D eigenvalue weighted by atomic mass is 15.2. The number of aromatic amines is 1. The van der Waals surface area contributed by atoms with Crippen LogP contribution in [0.15, 0.2) is 42.6 Å². The van der Waals surface area contributed by atoms with Crippen LogP contribution in [0.1, 0.15) is 19.8 Å². The van der Waals surface area contributed by atoms with Crippen LogP contribution in [0.2, 0.25) is 0 Å². The Morgan fingerprint density at radius 2 is 1.96 bits per heavy atom. The van der Waals surface area contributed by atoms with E-state index in [-0.39, 0.29) is 0 Å². The zero-order chi connectivity index (χ0) is 16.8. The second-order valence-electron chi connectivity index (χ2n) is 7.37. The Kier molecular flexibility index (Phi) is 3.48. The lowest BCUT2D eigenvalue weighted by molar-refractivity contribution is 0.0457. The van der Waals surface area contributed by atoms with Gasteiger partial charge in [-0.1, -0.05) is 12.1 Å². The molecule has 25 heavy (non-hydrogen) atoms. The van der Waals surface area contributed by atoms with E-state index in [1.165, 1.54) is 31.3 Å². The molecule has 1 aromatic carbocycles. The third-order valence-corrected chi connectivity index (χ3v) is 6.01. The fraction of sp³-hybridized carbons (Fsp3) is 0.400. The molecule has 3 saturated heterocycles. The van der Waals surface area contributed by atoms with E-state index in [0.29, 0.717) is 12.1 Å². The van der Waals surface area contributed by atoms with Crippen molar-refractivity contribution in [3.8, 4) is 11.3 Å². The van der Waals surface area contributed by atoms with Crippen molar-refractivity contribution in [1.82, 2.24) is 20.1 Å². The van der Waals surface area contributed by atoms with Crippen molar-refractivity contribution in [2.24, 2.45) is 5.92 Å². The average molecular weight is 333 g/mol. The van der Waals surface area contributed by atoms with Crippen LogP contribution in [0.25, 0.3) is 22.2 Å². The summed E-state index contributed by atoms with van der Waals surface area (Å²) < 4.78 is 0. The maximum absolute atomic E-state index is 4.45. The molecule has 0 saturated carbocycles. The number of fused-ring (bicyclic) bond motifs is 4. The summed E-state index contributed by atoms with van der Waals surface area (Å²) in [4.78, 5) is 5.84. The maximum atomic E-state index is 4.45. The molecular weight excluding hydrogens is 310 g/mol. The van der Waals surface area contributed by atoms with Gasteiger partial charge >= 0.3 is 0 Å². The molecule has 0 spiro atoms. The lowest BCUT2D eigenvalue weighted by Gasteiger charge is -2.50. The van der Waals surface area contributed by atoms with Crippen molar-refractivity contribution in [2.45, 2.75) is 31.8 Å². The normalized spacial score (nSPS) is 28.4. The lowest BCUT2D eigenvalue weighted by Crippen LogP contribution is -2.59. The molecule has 0 radical (unpaired) electrons.